The standard InChI is InChI=1S/C16H20N4O/c1-19(2)16(21)14-11-17-9-10-20(14)15-8-7-12-5-3-4-6-13(12)18-15/h3-8,14,17H,9-11H2,1-2H3. The van der Waals surface area contributed by atoms with Crippen molar-refractivity contribution in [2.24, 2.45) is 0 Å². The van der Waals surface area contributed by atoms with Crippen molar-refractivity contribution in [3.05, 3.63) is 36.4 Å². The zero-order chi connectivity index (χ0) is 14.8. The van der Waals surface area contributed by atoms with Gasteiger partial charge in [-0.1, -0.05) is 18.2 Å². The molecule has 0 radical (unpaired) electrons. The Hall–Kier alpha value is -2.14. The quantitative estimate of drug-likeness (QED) is 0.897. The van der Waals surface area contributed by atoms with Gasteiger partial charge in [-0.2, -0.15) is 0 Å². The molecule has 21 heavy (non-hydrogen) atoms. The number of anilines is 1. The van der Waals surface area contributed by atoms with Crippen molar-refractivity contribution in [3.8, 4) is 0 Å². The molecule has 1 aromatic heterocycles. The Kier molecular flexibility index (Phi) is 3.75. The van der Waals surface area contributed by atoms with Gasteiger partial charge in [0.2, 0.25) is 5.91 Å². The van der Waals surface area contributed by atoms with E-state index in [1.807, 2.05) is 30.3 Å². The fourth-order valence-corrected chi connectivity index (χ4v) is 2.71. The van der Waals surface area contributed by atoms with E-state index >= 15 is 0 Å². The number of fused-ring (bicyclic) bond motifs is 1. The number of rotatable bonds is 2. The Morgan fingerprint density at radius 2 is 2.10 bits per heavy atom. The molecule has 1 aromatic carbocycles. The third kappa shape index (κ3) is 2.69. The summed E-state index contributed by atoms with van der Waals surface area (Å²) in [5, 5.41) is 4.41. The number of amides is 1. The van der Waals surface area contributed by atoms with E-state index in [0.29, 0.717) is 6.54 Å². The van der Waals surface area contributed by atoms with Crippen molar-refractivity contribution in [1.82, 2.24) is 15.2 Å². The van der Waals surface area contributed by atoms with E-state index in [-0.39, 0.29) is 11.9 Å². The van der Waals surface area contributed by atoms with Crippen LogP contribution in [0.15, 0.2) is 36.4 Å². The lowest BCUT2D eigenvalue weighted by atomic mass is 10.1. The third-order valence-electron chi connectivity index (χ3n) is 3.85. The average molecular weight is 284 g/mol. The lowest BCUT2D eigenvalue weighted by molar-refractivity contribution is -0.130. The summed E-state index contributed by atoms with van der Waals surface area (Å²) in [5.74, 6) is 0.979. The van der Waals surface area contributed by atoms with Gasteiger partial charge in [0, 0.05) is 39.1 Å². The van der Waals surface area contributed by atoms with E-state index in [9.17, 15) is 4.79 Å². The molecular weight excluding hydrogens is 264 g/mol. The maximum absolute atomic E-state index is 12.4. The number of piperazine rings is 1. The van der Waals surface area contributed by atoms with Gasteiger partial charge < -0.3 is 15.1 Å². The topological polar surface area (TPSA) is 48.5 Å². The highest BCUT2D eigenvalue weighted by atomic mass is 16.2. The van der Waals surface area contributed by atoms with Gasteiger partial charge >= 0.3 is 0 Å². The van der Waals surface area contributed by atoms with Gasteiger partial charge in [0.15, 0.2) is 0 Å². The smallest absolute Gasteiger partial charge is 0.246 e. The number of para-hydroxylation sites is 1. The Bertz CT molecular complexity index is 656. The Balaban J connectivity index is 1.96. The minimum Gasteiger partial charge on any atom is -0.347 e. The van der Waals surface area contributed by atoms with Crippen LogP contribution in [0.5, 0.6) is 0 Å². The number of benzene rings is 1. The molecule has 3 rings (SSSR count). The van der Waals surface area contributed by atoms with Gasteiger partial charge in [-0.15, -0.1) is 0 Å². The van der Waals surface area contributed by atoms with Crippen molar-refractivity contribution in [2.45, 2.75) is 6.04 Å². The average Bonchev–Trinajstić information content (AvgIpc) is 2.53. The molecule has 5 nitrogen and oxygen atoms in total. The summed E-state index contributed by atoms with van der Waals surface area (Å²) in [7, 11) is 3.59. The first kappa shape index (κ1) is 13.8. The number of aromatic nitrogens is 1. The van der Waals surface area contributed by atoms with Crippen LogP contribution < -0.4 is 10.2 Å². The normalized spacial score (nSPS) is 18.8. The maximum Gasteiger partial charge on any atom is 0.246 e. The van der Waals surface area contributed by atoms with E-state index in [2.05, 4.69) is 16.3 Å². The van der Waals surface area contributed by atoms with Crippen molar-refractivity contribution >= 4 is 22.6 Å². The van der Waals surface area contributed by atoms with E-state index in [1.165, 1.54) is 0 Å². The molecule has 1 amide bonds. The van der Waals surface area contributed by atoms with E-state index < -0.39 is 0 Å². The zero-order valence-corrected chi connectivity index (χ0v) is 12.4. The van der Waals surface area contributed by atoms with Crippen LogP contribution in [0.3, 0.4) is 0 Å². The number of hydrogen-bond acceptors (Lipinski definition) is 4. The highest BCUT2D eigenvalue weighted by molar-refractivity contribution is 5.86. The van der Waals surface area contributed by atoms with Crippen LogP contribution in [0.2, 0.25) is 0 Å². The van der Waals surface area contributed by atoms with Crippen LogP contribution in [-0.4, -0.2) is 55.6 Å². The predicted octanol–water partition coefficient (Wildman–Crippen LogP) is 1.10. The molecule has 1 atom stereocenters. The zero-order valence-electron chi connectivity index (χ0n) is 12.4. The second kappa shape index (κ2) is 5.69. The molecule has 1 aliphatic heterocycles. The molecule has 0 saturated carbocycles. The molecule has 2 heterocycles. The van der Waals surface area contributed by atoms with Crippen LogP contribution >= 0.6 is 0 Å². The van der Waals surface area contributed by atoms with Crippen LogP contribution in [0.4, 0.5) is 5.82 Å². The Morgan fingerprint density at radius 3 is 2.90 bits per heavy atom. The van der Waals surface area contributed by atoms with Gasteiger partial charge in [0.25, 0.3) is 0 Å². The summed E-state index contributed by atoms with van der Waals surface area (Å²) < 4.78 is 0. The molecule has 1 aliphatic rings. The molecule has 1 unspecified atom stereocenters. The molecule has 110 valence electrons. The second-order valence-corrected chi connectivity index (χ2v) is 5.51. The van der Waals surface area contributed by atoms with E-state index in [1.54, 1.807) is 19.0 Å². The lowest BCUT2D eigenvalue weighted by Crippen LogP contribution is -2.58. The van der Waals surface area contributed by atoms with Crippen LogP contribution in [-0.2, 0) is 4.79 Å². The minimum absolute atomic E-state index is 0.108. The number of hydrogen-bond donors (Lipinski definition) is 1. The fourth-order valence-electron chi connectivity index (χ4n) is 2.71. The molecule has 1 saturated heterocycles. The predicted molar refractivity (Wildman–Crippen MR) is 84.4 cm³/mol. The number of carbonyl (C=O) groups excluding carboxylic acids is 1. The first-order chi connectivity index (χ1) is 10.2. The minimum atomic E-state index is -0.192. The van der Waals surface area contributed by atoms with Crippen LogP contribution in [0.25, 0.3) is 10.9 Å². The molecule has 1 N–H and O–H groups in total. The summed E-state index contributed by atoms with van der Waals surface area (Å²) in [6, 6.07) is 11.9. The lowest BCUT2D eigenvalue weighted by Gasteiger charge is -2.37. The number of carbonyl (C=O) groups is 1. The van der Waals surface area contributed by atoms with Crippen molar-refractivity contribution < 1.29 is 4.79 Å². The summed E-state index contributed by atoms with van der Waals surface area (Å²) in [6.07, 6.45) is 0. The summed E-state index contributed by atoms with van der Waals surface area (Å²) in [4.78, 5) is 20.8. The number of nitrogens with zero attached hydrogens (tertiary/aromatic N) is 3. The summed E-state index contributed by atoms with van der Waals surface area (Å²) >= 11 is 0. The van der Waals surface area contributed by atoms with E-state index in [0.717, 1.165) is 29.8 Å². The molecular formula is C16H20N4O. The molecule has 0 bridgehead atoms. The summed E-state index contributed by atoms with van der Waals surface area (Å²) in [6.45, 7) is 2.31. The van der Waals surface area contributed by atoms with Gasteiger partial charge in [0.1, 0.15) is 11.9 Å². The van der Waals surface area contributed by atoms with Crippen molar-refractivity contribution in [2.75, 3.05) is 38.6 Å². The molecule has 0 spiro atoms. The molecule has 1 fully saturated rings. The van der Waals surface area contributed by atoms with Crippen molar-refractivity contribution in [1.29, 1.82) is 0 Å². The van der Waals surface area contributed by atoms with Gasteiger partial charge in [-0.05, 0) is 18.2 Å². The summed E-state index contributed by atoms with van der Waals surface area (Å²) in [5.41, 5.74) is 0.963. The first-order valence-electron chi connectivity index (χ1n) is 7.21. The molecule has 5 heteroatoms. The van der Waals surface area contributed by atoms with E-state index in [4.69, 9.17) is 4.98 Å². The van der Waals surface area contributed by atoms with Crippen molar-refractivity contribution in [3.63, 3.8) is 0 Å². The number of likely N-dealkylation sites (N-methyl/N-ethyl adjacent to an activating group) is 1. The Labute approximate surface area is 124 Å². The van der Waals surface area contributed by atoms with Gasteiger partial charge in [-0.3, -0.25) is 4.79 Å². The van der Waals surface area contributed by atoms with Crippen LogP contribution in [0.1, 0.15) is 0 Å². The number of nitrogens with one attached hydrogen (secondary N) is 1. The highest BCUT2D eigenvalue weighted by Gasteiger charge is 2.30. The molecule has 2 aromatic rings. The monoisotopic (exact) mass is 284 g/mol. The first-order valence-corrected chi connectivity index (χ1v) is 7.21. The van der Waals surface area contributed by atoms with Crippen LogP contribution in [0, 0.1) is 0 Å². The third-order valence-corrected chi connectivity index (χ3v) is 3.85. The number of pyridine rings is 1. The second-order valence-electron chi connectivity index (χ2n) is 5.51. The largest absolute Gasteiger partial charge is 0.347 e. The fraction of sp³-hybridized carbons (Fsp3) is 0.375. The molecule has 0 aliphatic carbocycles. The highest BCUT2D eigenvalue weighted by Crippen LogP contribution is 2.21. The SMILES string of the molecule is CN(C)C(=O)C1CNCCN1c1ccc2ccccc2n1. The maximum atomic E-state index is 12.4. The Morgan fingerprint density at radius 1 is 1.29 bits per heavy atom. The van der Waals surface area contributed by atoms with Gasteiger partial charge in [0.05, 0.1) is 5.52 Å². The van der Waals surface area contributed by atoms with Gasteiger partial charge in [-0.25, -0.2) is 4.98 Å².